The van der Waals surface area contributed by atoms with Crippen molar-refractivity contribution in [2.24, 2.45) is 0 Å². The average molecular weight is 450 g/mol. The van der Waals surface area contributed by atoms with E-state index in [9.17, 15) is 10.2 Å². The second-order valence-electron chi connectivity index (χ2n) is 6.93. The van der Waals surface area contributed by atoms with Crippen molar-refractivity contribution in [3.8, 4) is 5.75 Å². The van der Waals surface area contributed by atoms with E-state index in [2.05, 4.69) is 50.6 Å². The fraction of sp³-hybridized carbons (Fsp3) is 0.400. The number of phenolic OH excluding ortho intramolecular Hbond substituents is 1. The van der Waals surface area contributed by atoms with Gasteiger partial charge in [-0.1, -0.05) is 24.3 Å². The molecule has 5 heteroatoms. The maximum Gasteiger partial charge on any atom is 0.138 e. The van der Waals surface area contributed by atoms with E-state index in [0.717, 1.165) is 44.7 Å². The molecule has 2 aromatic rings. The minimum Gasteiger partial charge on any atom is -0.506 e. The van der Waals surface area contributed by atoms with E-state index in [4.69, 9.17) is 0 Å². The van der Waals surface area contributed by atoms with Gasteiger partial charge in [0.05, 0.1) is 11.8 Å². The van der Waals surface area contributed by atoms with Gasteiger partial charge in [-0.25, -0.2) is 0 Å². The SMILES string of the molecule is Oc1ccccc1N1CCN([C@@H]2Cc3c(I)cccc3C[C@H]2O)CC1. The zero-order valence-corrected chi connectivity index (χ0v) is 16.3. The van der Waals surface area contributed by atoms with Gasteiger partial charge in [0, 0.05) is 42.2 Å². The highest BCUT2D eigenvalue weighted by Gasteiger charge is 2.34. The Morgan fingerprint density at radius 3 is 2.44 bits per heavy atom. The van der Waals surface area contributed by atoms with Crippen LogP contribution in [0.15, 0.2) is 42.5 Å². The van der Waals surface area contributed by atoms with Gasteiger partial charge in [0.2, 0.25) is 0 Å². The second-order valence-corrected chi connectivity index (χ2v) is 8.09. The molecule has 0 spiro atoms. The first-order valence-electron chi connectivity index (χ1n) is 8.85. The van der Waals surface area contributed by atoms with E-state index in [-0.39, 0.29) is 12.1 Å². The largest absolute Gasteiger partial charge is 0.506 e. The van der Waals surface area contributed by atoms with Gasteiger partial charge < -0.3 is 15.1 Å². The summed E-state index contributed by atoms with van der Waals surface area (Å²) in [5.74, 6) is 0.345. The minimum absolute atomic E-state index is 0.190. The molecule has 2 aliphatic rings. The molecule has 1 aliphatic heterocycles. The molecule has 4 nitrogen and oxygen atoms in total. The number of fused-ring (bicyclic) bond motifs is 1. The van der Waals surface area contributed by atoms with E-state index in [1.165, 1.54) is 14.7 Å². The highest BCUT2D eigenvalue weighted by Crippen LogP contribution is 2.31. The molecular weight excluding hydrogens is 427 g/mol. The van der Waals surface area contributed by atoms with Crippen LogP contribution >= 0.6 is 22.6 Å². The van der Waals surface area contributed by atoms with Crippen LogP contribution in [-0.2, 0) is 12.8 Å². The van der Waals surface area contributed by atoms with Crippen molar-refractivity contribution in [1.29, 1.82) is 0 Å². The lowest BCUT2D eigenvalue weighted by Crippen LogP contribution is -2.56. The molecule has 1 saturated heterocycles. The lowest BCUT2D eigenvalue weighted by molar-refractivity contribution is 0.0393. The Morgan fingerprint density at radius 1 is 0.920 bits per heavy atom. The minimum atomic E-state index is -0.303. The number of aliphatic hydroxyl groups excluding tert-OH is 1. The van der Waals surface area contributed by atoms with Crippen LogP contribution in [0.3, 0.4) is 0 Å². The van der Waals surface area contributed by atoms with Crippen LogP contribution in [0.25, 0.3) is 0 Å². The van der Waals surface area contributed by atoms with Crippen molar-refractivity contribution in [2.75, 3.05) is 31.1 Å². The number of aromatic hydroxyl groups is 1. The van der Waals surface area contributed by atoms with Crippen molar-refractivity contribution < 1.29 is 10.2 Å². The number of phenols is 1. The zero-order valence-electron chi connectivity index (χ0n) is 14.1. The summed E-state index contributed by atoms with van der Waals surface area (Å²) in [5, 5.41) is 20.8. The molecule has 1 heterocycles. The highest BCUT2D eigenvalue weighted by molar-refractivity contribution is 14.1. The Bertz CT molecular complexity index is 759. The first-order chi connectivity index (χ1) is 12.1. The number of aliphatic hydroxyl groups is 1. The molecule has 0 bridgehead atoms. The fourth-order valence-corrected chi connectivity index (χ4v) is 4.90. The lowest BCUT2D eigenvalue weighted by Gasteiger charge is -2.43. The summed E-state index contributed by atoms with van der Waals surface area (Å²) in [6, 6.07) is 14.1. The Kier molecular flexibility index (Phi) is 4.88. The number of piperazine rings is 1. The number of para-hydroxylation sites is 2. The first-order valence-corrected chi connectivity index (χ1v) is 9.92. The summed E-state index contributed by atoms with van der Waals surface area (Å²) in [4.78, 5) is 4.66. The third kappa shape index (κ3) is 3.37. The van der Waals surface area contributed by atoms with Crippen molar-refractivity contribution in [1.82, 2.24) is 4.90 Å². The Balaban J connectivity index is 1.46. The average Bonchev–Trinajstić information content (AvgIpc) is 2.62. The normalized spacial score (nSPS) is 24.2. The van der Waals surface area contributed by atoms with Crippen molar-refractivity contribution >= 4 is 28.3 Å². The predicted molar refractivity (Wildman–Crippen MR) is 108 cm³/mol. The molecule has 2 atom stereocenters. The van der Waals surface area contributed by atoms with Crippen LogP contribution in [0.4, 0.5) is 5.69 Å². The van der Waals surface area contributed by atoms with Gasteiger partial charge in [0.15, 0.2) is 0 Å². The smallest absolute Gasteiger partial charge is 0.138 e. The summed E-state index contributed by atoms with van der Waals surface area (Å²) in [5.41, 5.74) is 3.61. The van der Waals surface area contributed by atoms with Gasteiger partial charge in [-0.15, -0.1) is 0 Å². The summed E-state index contributed by atoms with van der Waals surface area (Å²) in [6.45, 7) is 3.57. The van der Waals surface area contributed by atoms with Crippen molar-refractivity contribution in [2.45, 2.75) is 25.0 Å². The van der Waals surface area contributed by atoms with E-state index < -0.39 is 0 Å². The van der Waals surface area contributed by atoms with E-state index in [0.29, 0.717) is 5.75 Å². The monoisotopic (exact) mass is 450 g/mol. The number of nitrogens with zero attached hydrogens (tertiary/aromatic N) is 2. The van der Waals surface area contributed by atoms with Gasteiger partial charge in [-0.2, -0.15) is 0 Å². The molecule has 132 valence electrons. The van der Waals surface area contributed by atoms with Gasteiger partial charge in [-0.3, -0.25) is 4.90 Å². The summed E-state index contributed by atoms with van der Waals surface area (Å²) < 4.78 is 1.31. The van der Waals surface area contributed by atoms with Gasteiger partial charge in [-0.05, 0) is 58.3 Å². The lowest BCUT2D eigenvalue weighted by atomic mass is 9.85. The topological polar surface area (TPSA) is 46.9 Å². The quantitative estimate of drug-likeness (QED) is 0.691. The molecule has 0 unspecified atom stereocenters. The molecule has 0 aromatic heterocycles. The zero-order chi connectivity index (χ0) is 17.4. The van der Waals surface area contributed by atoms with Gasteiger partial charge in [0.1, 0.15) is 5.75 Å². The fourth-order valence-electron chi connectivity index (χ4n) is 4.13. The van der Waals surface area contributed by atoms with Crippen LogP contribution in [-0.4, -0.2) is 53.4 Å². The third-order valence-corrected chi connectivity index (χ3v) is 6.52. The first kappa shape index (κ1) is 17.1. The predicted octanol–water partition coefficient (Wildman–Crippen LogP) is 2.65. The maximum absolute atomic E-state index is 10.7. The van der Waals surface area contributed by atoms with E-state index >= 15 is 0 Å². The standard InChI is InChI=1S/C20H23IN2O2/c21-16-5-3-4-14-12-20(25)18(13-15(14)16)23-10-8-22(9-11-23)17-6-1-2-7-19(17)24/h1-7,18,20,24-25H,8-13H2/t18-,20-/m1/s1. The molecule has 0 saturated carbocycles. The van der Waals surface area contributed by atoms with Gasteiger partial charge >= 0.3 is 0 Å². The summed E-state index contributed by atoms with van der Waals surface area (Å²) in [7, 11) is 0. The van der Waals surface area contributed by atoms with Gasteiger partial charge in [0.25, 0.3) is 0 Å². The molecular formula is C20H23IN2O2. The molecule has 2 aromatic carbocycles. The summed E-state index contributed by atoms with van der Waals surface area (Å²) in [6.07, 6.45) is 1.37. The summed E-state index contributed by atoms with van der Waals surface area (Å²) >= 11 is 2.41. The van der Waals surface area contributed by atoms with Crippen LogP contribution in [0.5, 0.6) is 5.75 Å². The van der Waals surface area contributed by atoms with E-state index in [1.807, 2.05) is 18.2 Å². The second kappa shape index (κ2) is 7.13. The maximum atomic E-state index is 10.7. The number of rotatable bonds is 2. The third-order valence-electron chi connectivity index (χ3n) is 5.51. The molecule has 25 heavy (non-hydrogen) atoms. The van der Waals surface area contributed by atoms with Crippen molar-refractivity contribution in [3.63, 3.8) is 0 Å². The van der Waals surface area contributed by atoms with Crippen molar-refractivity contribution in [3.05, 3.63) is 57.2 Å². The molecule has 0 radical (unpaired) electrons. The molecule has 1 aliphatic carbocycles. The van der Waals surface area contributed by atoms with Crippen LogP contribution < -0.4 is 4.90 Å². The Hall–Kier alpha value is -1.31. The van der Waals surface area contributed by atoms with Crippen LogP contribution in [0, 0.1) is 3.57 Å². The number of benzene rings is 2. The molecule has 1 fully saturated rings. The van der Waals surface area contributed by atoms with Crippen LogP contribution in [0.1, 0.15) is 11.1 Å². The number of hydrogen-bond acceptors (Lipinski definition) is 4. The van der Waals surface area contributed by atoms with Crippen LogP contribution in [0.2, 0.25) is 0 Å². The van der Waals surface area contributed by atoms with E-state index in [1.54, 1.807) is 6.07 Å². The molecule has 0 amide bonds. The Labute approximate surface area is 162 Å². The number of anilines is 1. The molecule has 4 rings (SSSR count). The highest BCUT2D eigenvalue weighted by atomic mass is 127. The molecule has 2 N–H and O–H groups in total. The number of hydrogen-bond donors (Lipinski definition) is 2. The Morgan fingerprint density at radius 2 is 1.68 bits per heavy atom. The number of halogens is 1.